The number of carbonyl (C=O) groups excluding carboxylic acids is 1. The van der Waals surface area contributed by atoms with E-state index in [0.29, 0.717) is 17.7 Å². The van der Waals surface area contributed by atoms with Gasteiger partial charge in [0.2, 0.25) is 0 Å². The van der Waals surface area contributed by atoms with Crippen LogP contribution in [0, 0.1) is 0 Å². The molecule has 0 unspecified atom stereocenters. The fourth-order valence-corrected chi connectivity index (χ4v) is 1.54. The molecule has 1 aromatic carbocycles. The molecule has 0 heterocycles. The highest BCUT2D eigenvalue weighted by Gasteiger charge is 2.11. The number of phenols is 1. The summed E-state index contributed by atoms with van der Waals surface area (Å²) in [7, 11) is 1.53. The van der Waals surface area contributed by atoms with Gasteiger partial charge in [0.05, 0.1) is 12.7 Å². The maximum atomic E-state index is 11.7. The Labute approximate surface area is 96.1 Å². The predicted molar refractivity (Wildman–Crippen MR) is 63.1 cm³/mol. The number of benzene rings is 1. The lowest BCUT2D eigenvalue weighted by molar-refractivity contribution is 0.0976. The first kappa shape index (κ1) is 12.6. The zero-order valence-electron chi connectivity index (χ0n) is 9.82. The van der Waals surface area contributed by atoms with Gasteiger partial charge >= 0.3 is 0 Å². The molecule has 0 saturated heterocycles. The largest absolute Gasteiger partial charge is 0.507 e. The molecule has 0 saturated carbocycles. The summed E-state index contributed by atoms with van der Waals surface area (Å²) in [6.45, 7) is 2.09. The second kappa shape index (κ2) is 6.16. The number of carbonyl (C=O) groups is 1. The van der Waals surface area contributed by atoms with Crippen LogP contribution in [0.5, 0.6) is 11.5 Å². The van der Waals surface area contributed by atoms with E-state index in [-0.39, 0.29) is 11.5 Å². The molecule has 1 rings (SSSR count). The number of methoxy groups -OCH3 is 1. The van der Waals surface area contributed by atoms with Crippen molar-refractivity contribution in [2.75, 3.05) is 7.11 Å². The number of hydrogen-bond acceptors (Lipinski definition) is 3. The summed E-state index contributed by atoms with van der Waals surface area (Å²) in [5, 5.41) is 9.65. The summed E-state index contributed by atoms with van der Waals surface area (Å²) in [5.41, 5.74) is 0.386. The molecule has 0 aliphatic rings. The SMILES string of the molecule is CCCCCC(=O)c1ccc(OC)cc1O. The summed E-state index contributed by atoms with van der Waals surface area (Å²) >= 11 is 0. The van der Waals surface area contributed by atoms with Gasteiger partial charge < -0.3 is 9.84 Å². The van der Waals surface area contributed by atoms with Gasteiger partial charge in [0, 0.05) is 12.5 Å². The van der Waals surface area contributed by atoms with E-state index in [2.05, 4.69) is 6.92 Å². The summed E-state index contributed by atoms with van der Waals surface area (Å²) in [6.07, 6.45) is 3.50. The molecule has 3 heteroatoms. The van der Waals surface area contributed by atoms with Crippen molar-refractivity contribution in [3.63, 3.8) is 0 Å². The highest BCUT2D eigenvalue weighted by atomic mass is 16.5. The molecule has 0 atom stereocenters. The Balaban J connectivity index is 2.68. The summed E-state index contributed by atoms with van der Waals surface area (Å²) in [6, 6.07) is 4.77. The molecule has 0 bridgehead atoms. The van der Waals surface area contributed by atoms with Crippen molar-refractivity contribution in [3.05, 3.63) is 23.8 Å². The number of ketones is 1. The second-order valence-electron chi connectivity index (χ2n) is 3.76. The Morgan fingerprint density at radius 3 is 2.69 bits per heavy atom. The van der Waals surface area contributed by atoms with E-state index in [9.17, 15) is 9.90 Å². The van der Waals surface area contributed by atoms with Crippen molar-refractivity contribution in [2.24, 2.45) is 0 Å². The van der Waals surface area contributed by atoms with Gasteiger partial charge in [-0.25, -0.2) is 0 Å². The van der Waals surface area contributed by atoms with Gasteiger partial charge in [0.15, 0.2) is 5.78 Å². The third kappa shape index (κ3) is 3.26. The number of phenolic OH excluding ortho intramolecular Hbond substituents is 1. The molecule has 1 N–H and O–H groups in total. The number of Topliss-reactive ketones (excluding diaryl/α,β-unsaturated/α-hetero) is 1. The fraction of sp³-hybridized carbons (Fsp3) is 0.462. The molecular formula is C13H18O3. The highest BCUT2D eigenvalue weighted by Crippen LogP contribution is 2.24. The van der Waals surface area contributed by atoms with E-state index >= 15 is 0 Å². The fourth-order valence-electron chi connectivity index (χ4n) is 1.54. The van der Waals surface area contributed by atoms with Crippen LogP contribution in [0.25, 0.3) is 0 Å². The molecule has 0 radical (unpaired) electrons. The van der Waals surface area contributed by atoms with Crippen LogP contribution in [0.4, 0.5) is 0 Å². The van der Waals surface area contributed by atoms with E-state index < -0.39 is 0 Å². The van der Waals surface area contributed by atoms with Gasteiger partial charge in [-0.1, -0.05) is 19.8 Å². The van der Waals surface area contributed by atoms with Crippen LogP contribution in [0.2, 0.25) is 0 Å². The Hall–Kier alpha value is -1.51. The van der Waals surface area contributed by atoms with Gasteiger partial charge in [-0.3, -0.25) is 4.79 Å². The first-order valence-corrected chi connectivity index (χ1v) is 5.59. The van der Waals surface area contributed by atoms with Gasteiger partial charge in [-0.2, -0.15) is 0 Å². The Morgan fingerprint density at radius 1 is 1.38 bits per heavy atom. The molecule has 88 valence electrons. The lowest BCUT2D eigenvalue weighted by Crippen LogP contribution is -1.99. The van der Waals surface area contributed by atoms with Crippen LogP contribution in [0.3, 0.4) is 0 Å². The maximum absolute atomic E-state index is 11.7. The van der Waals surface area contributed by atoms with E-state index in [0.717, 1.165) is 19.3 Å². The minimum absolute atomic E-state index is 0.000786. The highest BCUT2D eigenvalue weighted by molar-refractivity contribution is 5.98. The third-order valence-electron chi connectivity index (χ3n) is 2.51. The third-order valence-corrected chi connectivity index (χ3v) is 2.51. The van der Waals surface area contributed by atoms with Crippen LogP contribution < -0.4 is 4.74 Å². The maximum Gasteiger partial charge on any atom is 0.166 e. The van der Waals surface area contributed by atoms with Gasteiger partial charge in [0.1, 0.15) is 11.5 Å². The minimum Gasteiger partial charge on any atom is -0.507 e. The average molecular weight is 222 g/mol. The van der Waals surface area contributed by atoms with Gasteiger partial charge in [0.25, 0.3) is 0 Å². The Kier molecular flexibility index (Phi) is 4.83. The lowest BCUT2D eigenvalue weighted by Gasteiger charge is -2.05. The van der Waals surface area contributed by atoms with Crippen LogP contribution in [-0.4, -0.2) is 18.0 Å². The van der Waals surface area contributed by atoms with Crippen molar-refractivity contribution in [1.82, 2.24) is 0 Å². The molecule has 0 amide bonds. The first-order valence-electron chi connectivity index (χ1n) is 5.59. The Morgan fingerprint density at radius 2 is 2.12 bits per heavy atom. The zero-order valence-corrected chi connectivity index (χ0v) is 9.82. The Bertz CT molecular complexity index is 358. The van der Waals surface area contributed by atoms with Crippen molar-refractivity contribution in [1.29, 1.82) is 0 Å². The standard InChI is InChI=1S/C13H18O3/c1-3-4-5-6-12(14)11-8-7-10(16-2)9-13(11)15/h7-9,15H,3-6H2,1-2H3. The average Bonchev–Trinajstić information content (AvgIpc) is 2.29. The minimum atomic E-state index is -0.00592. The van der Waals surface area contributed by atoms with Crippen LogP contribution in [0.1, 0.15) is 43.0 Å². The monoisotopic (exact) mass is 222 g/mol. The number of rotatable bonds is 6. The van der Waals surface area contributed by atoms with Crippen LogP contribution >= 0.6 is 0 Å². The molecule has 16 heavy (non-hydrogen) atoms. The zero-order chi connectivity index (χ0) is 12.0. The molecule has 0 fully saturated rings. The van der Waals surface area contributed by atoms with Crippen LogP contribution in [-0.2, 0) is 0 Å². The topological polar surface area (TPSA) is 46.5 Å². The number of hydrogen-bond donors (Lipinski definition) is 1. The smallest absolute Gasteiger partial charge is 0.166 e. The molecule has 0 aliphatic heterocycles. The van der Waals surface area contributed by atoms with Crippen LogP contribution in [0.15, 0.2) is 18.2 Å². The molecule has 1 aromatic rings. The summed E-state index contributed by atoms with van der Waals surface area (Å²) < 4.78 is 4.96. The molecule has 3 nitrogen and oxygen atoms in total. The predicted octanol–water partition coefficient (Wildman–Crippen LogP) is 3.16. The number of ether oxygens (including phenoxy) is 1. The van der Waals surface area contributed by atoms with E-state index in [4.69, 9.17) is 4.74 Å². The number of aromatic hydroxyl groups is 1. The summed E-state index contributed by atoms with van der Waals surface area (Å²) in [5.74, 6) is 0.553. The van der Waals surface area contributed by atoms with Crippen molar-refractivity contribution < 1.29 is 14.6 Å². The van der Waals surface area contributed by atoms with Crippen molar-refractivity contribution in [2.45, 2.75) is 32.6 Å². The molecule has 0 aliphatic carbocycles. The van der Waals surface area contributed by atoms with Gasteiger partial charge in [-0.05, 0) is 18.6 Å². The van der Waals surface area contributed by atoms with E-state index in [1.165, 1.54) is 13.2 Å². The van der Waals surface area contributed by atoms with E-state index in [1.807, 2.05) is 0 Å². The molecular weight excluding hydrogens is 204 g/mol. The second-order valence-corrected chi connectivity index (χ2v) is 3.76. The molecule has 0 aromatic heterocycles. The van der Waals surface area contributed by atoms with E-state index in [1.54, 1.807) is 12.1 Å². The molecule has 0 spiro atoms. The number of unbranched alkanes of at least 4 members (excludes halogenated alkanes) is 2. The van der Waals surface area contributed by atoms with Gasteiger partial charge in [-0.15, -0.1) is 0 Å². The first-order chi connectivity index (χ1) is 7.69. The quantitative estimate of drug-likeness (QED) is 0.594. The lowest BCUT2D eigenvalue weighted by atomic mass is 10.0. The van der Waals surface area contributed by atoms with Crippen molar-refractivity contribution >= 4 is 5.78 Å². The van der Waals surface area contributed by atoms with Crippen molar-refractivity contribution in [3.8, 4) is 11.5 Å². The normalized spacial score (nSPS) is 10.1. The summed E-state index contributed by atoms with van der Waals surface area (Å²) in [4.78, 5) is 11.7.